The number of anilines is 2. The van der Waals surface area contributed by atoms with E-state index in [2.05, 4.69) is 54.0 Å². The Morgan fingerprint density at radius 1 is 1.00 bits per heavy atom. The fourth-order valence-electron chi connectivity index (χ4n) is 6.49. The number of hydrogen-bond donors (Lipinski definition) is 3. The lowest BCUT2D eigenvalue weighted by Crippen LogP contribution is -2.38. The molecule has 0 radical (unpaired) electrons. The molecular formula is C36H48N10O3. The first-order chi connectivity index (χ1) is 23.5. The zero-order valence-corrected chi connectivity index (χ0v) is 29.4. The van der Waals surface area contributed by atoms with Gasteiger partial charge in [0, 0.05) is 37.2 Å². The smallest absolute Gasteiger partial charge is 0.320 e. The predicted octanol–water partition coefficient (Wildman–Crippen LogP) is 5.26. The fourth-order valence-corrected chi connectivity index (χ4v) is 6.49. The van der Waals surface area contributed by atoms with Crippen LogP contribution in [0, 0.1) is 0 Å². The van der Waals surface area contributed by atoms with Crippen molar-refractivity contribution in [1.82, 2.24) is 40.1 Å². The van der Waals surface area contributed by atoms with Crippen LogP contribution in [0.2, 0.25) is 0 Å². The minimum Gasteiger partial charge on any atom is -0.484 e. The fraction of sp³-hybridized carbons (Fsp3) is 0.500. The molecule has 2 aliphatic rings. The number of aromatic nitrogens is 5. The second-order valence-corrected chi connectivity index (χ2v) is 14.4. The van der Waals surface area contributed by atoms with Crippen molar-refractivity contribution in [3.8, 4) is 5.75 Å². The Balaban J connectivity index is 1.16. The number of hydrogen-bond acceptors (Lipinski definition) is 9. The third-order valence-electron chi connectivity index (χ3n) is 9.22. The van der Waals surface area contributed by atoms with Gasteiger partial charge in [-0.25, -0.2) is 14.8 Å². The first kappa shape index (κ1) is 34.1. The van der Waals surface area contributed by atoms with Crippen LogP contribution in [0.25, 0.3) is 5.65 Å². The summed E-state index contributed by atoms with van der Waals surface area (Å²) in [4.78, 5) is 39.5. The number of benzene rings is 1. The Bertz CT molecular complexity index is 1800. The Kier molecular flexibility index (Phi) is 10.00. The van der Waals surface area contributed by atoms with Gasteiger partial charge in [-0.2, -0.15) is 0 Å². The van der Waals surface area contributed by atoms with Crippen molar-refractivity contribution in [2.45, 2.75) is 83.4 Å². The van der Waals surface area contributed by atoms with Crippen molar-refractivity contribution in [2.75, 3.05) is 43.9 Å². The van der Waals surface area contributed by atoms with Gasteiger partial charge in [0.2, 0.25) is 11.8 Å². The number of fused-ring (bicyclic) bond motifs is 2. The first-order valence-electron chi connectivity index (χ1n) is 17.2. The number of amides is 3. The molecule has 4 heterocycles. The molecule has 260 valence electrons. The van der Waals surface area contributed by atoms with Gasteiger partial charge in [-0.05, 0) is 76.4 Å². The minimum absolute atomic E-state index is 0.0201. The summed E-state index contributed by atoms with van der Waals surface area (Å²) >= 11 is 0. The van der Waals surface area contributed by atoms with E-state index in [-0.39, 0.29) is 35.1 Å². The lowest BCUT2D eigenvalue weighted by molar-refractivity contribution is 0.0940. The Labute approximate surface area is 287 Å². The van der Waals surface area contributed by atoms with Gasteiger partial charge in [0.25, 0.3) is 5.91 Å². The van der Waals surface area contributed by atoms with Gasteiger partial charge in [-0.3, -0.25) is 14.5 Å². The summed E-state index contributed by atoms with van der Waals surface area (Å²) in [5.74, 6) is 1.49. The normalized spacial score (nSPS) is 19.4. The van der Waals surface area contributed by atoms with Crippen molar-refractivity contribution in [3.63, 3.8) is 0 Å². The van der Waals surface area contributed by atoms with Gasteiger partial charge in [-0.15, -0.1) is 10.2 Å². The molecule has 6 rings (SSSR count). The summed E-state index contributed by atoms with van der Waals surface area (Å²) in [5, 5.41) is 17.8. The van der Waals surface area contributed by atoms with E-state index in [1.165, 1.54) is 6.42 Å². The molecule has 1 fully saturated rings. The molecule has 1 aliphatic heterocycles. The van der Waals surface area contributed by atoms with Gasteiger partial charge in [0.05, 0.1) is 17.9 Å². The molecular weight excluding hydrogens is 620 g/mol. The zero-order chi connectivity index (χ0) is 34.7. The monoisotopic (exact) mass is 668 g/mol. The second-order valence-electron chi connectivity index (χ2n) is 14.4. The third kappa shape index (κ3) is 7.93. The van der Waals surface area contributed by atoms with Crippen molar-refractivity contribution in [2.24, 2.45) is 0 Å². The average molecular weight is 669 g/mol. The number of carbonyl (C=O) groups excluding carboxylic acids is 2. The highest BCUT2D eigenvalue weighted by Gasteiger charge is 2.30. The minimum atomic E-state index is -0.408. The highest BCUT2D eigenvalue weighted by molar-refractivity contribution is 5.92. The number of pyridine rings is 1. The molecule has 13 nitrogen and oxygen atoms in total. The van der Waals surface area contributed by atoms with Gasteiger partial charge >= 0.3 is 6.03 Å². The maximum Gasteiger partial charge on any atom is 0.320 e. The second kappa shape index (κ2) is 14.4. The topological polar surface area (TPSA) is 142 Å². The largest absolute Gasteiger partial charge is 0.484 e. The molecule has 0 unspecified atom stereocenters. The van der Waals surface area contributed by atoms with Crippen LogP contribution in [0.15, 0.2) is 48.7 Å². The average Bonchev–Trinajstić information content (AvgIpc) is 3.48. The van der Waals surface area contributed by atoms with Crippen LogP contribution < -0.4 is 25.6 Å². The summed E-state index contributed by atoms with van der Waals surface area (Å²) in [6, 6.07) is 13.4. The molecule has 0 bridgehead atoms. The molecule has 13 heteroatoms. The zero-order valence-electron chi connectivity index (χ0n) is 29.4. The molecule has 0 saturated carbocycles. The van der Waals surface area contributed by atoms with Crippen molar-refractivity contribution < 1.29 is 14.3 Å². The van der Waals surface area contributed by atoms with E-state index in [9.17, 15) is 9.59 Å². The van der Waals surface area contributed by atoms with Crippen LogP contribution in [-0.4, -0.2) is 81.2 Å². The Morgan fingerprint density at radius 3 is 2.55 bits per heavy atom. The van der Waals surface area contributed by atoms with E-state index in [1.54, 1.807) is 6.07 Å². The lowest BCUT2D eigenvalue weighted by atomic mass is 9.85. The van der Waals surface area contributed by atoms with Gasteiger partial charge in [-0.1, -0.05) is 45.0 Å². The molecule has 1 aliphatic carbocycles. The number of piperidine rings is 1. The van der Waals surface area contributed by atoms with Crippen LogP contribution in [0.3, 0.4) is 0 Å². The molecule has 3 N–H and O–H groups in total. The molecule has 1 saturated heterocycles. The summed E-state index contributed by atoms with van der Waals surface area (Å²) in [5.41, 5.74) is 3.11. The number of nitrogens with zero attached hydrogens (tertiary/aromatic N) is 7. The number of urea groups is 1. The van der Waals surface area contributed by atoms with Gasteiger partial charge < -0.3 is 25.2 Å². The molecule has 4 aromatic rings. The molecule has 3 atom stereocenters. The van der Waals surface area contributed by atoms with E-state index in [4.69, 9.17) is 4.74 Å². The summed E-state index contributed by atoms with van der Waals surface area (Å²) < 4.78 is 8.64. The van der Waals surface area contributed by atoms with Crippen LogP contribution in [0.4, 0.5) is 16.6 Å². The quantitative estimate of drug-likeness (QED) is 0.218. The number of ether oxygens (including phenoxy) is 1. The van der Waals surface area contributed by atoms with E-state index >= 15 is 0 Å². The van der Waals surface area contributed by atoms with Gasteiger partial charge in [0.15, 0.2) is 5.65 Å². The van der Waals surface area contributed by atoms with E-state index in [1.807, 2.05) is 80.7 Å². The Morgan fingerprint density at radius 2 is 1.80 bits per heavy atom. The van der Waals surface area contributed by atoms with E-state index < -0.39 is 6.03 Å². The number of rotatable bonds is 9. The van der Waals surface area contributed by atoms with Crippen LogP contribution in [-0.2, 0) is 5.41 Å². The number of carbonyl (C=O) groups is 2. The van der Waals surface area contributed by atoms with E-state index in [0.29, 0.717) is 37.7 Å². The van der Waals surface area contributed by atoms with Crippen molar-refractivity contribution in [3.05, 3.63) is 71.3 Å². The van der Waals surface area contributed by atoms with Crippen molar-refractivity contribution >= 4 is 29.4 Å². The molecule has 0 spiro atoms. The number of nitrogens with one attached hydrogen (secondary N) is 3. The van der Waals surface area contributed by atoms with Gasteiger partial charge in [0.1, 0.15) is 17.7 Å². The maximum absolute atomic E-state index is 13.4. The first-order valence-corrected chi connectivity index (χ1v) is 17.2. The van der Waals surface area contributed by atoms with Crippen LogP contribution in [0.1, 0.15) is 99.4 Å². The van der Waals surface area contributed by atoms with Crippen LogP contribution >= 0.6 is 0 Å². The highest BCUT2D eigenvalue weighted by Crippen LogP contribution is 2.39. The van der Waals surface area contributed by atoms with Crippen LogP contribution in [0.5, 0.6) is 5.75 Å². The molecule has 3 aromatic heterocycles. The summed E-state index contributed by atoms with van der Waals surface area (Å²) in [6.07, 6.45) is 6.70. The number of likely N-dealkylation sites (N-methyl/N-ethyl adjacent to an activating group) is 1. The molecule has 49 heavy (non-hydrogen) atoms. The lowest BCUT2D eigenvalue weighted by Gasteiger charge is -2.33. The molecule has 3 amide bonds. The van der Waals surface area contributed by atoms with E-state index in [0.717, 1.165) is 47.9 Å². The van der Waals surface area contributed by atoms with Crippen molar-refractivity contribution in [1.29, 1.82) is 0 Å². The third-order valence-corrected chi connectivity index (χ3v) is 9.22. The predicted molar refractivity (Wildman–Crippen MR) is 189 cm³/mol. The summed E-state index contributed by atoms with van der Waals surface area (Å²) in [6.45, 7) is 10.4. The molecule has 1 aromatic carbocycles. The standard InChI is InChI=1S/C36H48N10O3/c1-23-11-9-10-19-45(23)35-43-42-31-17-14-24(22-46(31)35)49-28-16-15-27(25-12-7-8-13-26(25)28)38-34(48)41-30-21-29(36(2,3)4)39-32(40-30)33(47)37-18-20-44(5)6/h7-8,12-14,17,21-23,27-28H,9-11,15-16,18-20H2,1-6H3,(H,37,47)(H2,38,39,40,41,48)/t23-,27-,28+/m0/s1. The maximum atomic E-state index is 13.4. The SMILES string of the molecule is C[C@H]1CCCCN1c1nnc2ccc(O[C@@H]3CC[C@H](NC(=O)Nc4cc(C(C)(C)C)nc(C(=O)NCCN(C)C)n4)c4ccccc43)cn12. The highest BCUT2D eigenvalue weighted by atomic mass is 16.5. The Hall–Kier alpha value is -4.78. The summed E-state index contributed by atoms with van der Waals surface area (Å²) in [7, 11) is 3.87.